The first-order valence-corrected chi connectivity index (χ1v) is 10.8. The van der Waals surface area contributed by atoms with Crippen molar-refractivity contribution < 1.29 is 14.3 Å². The van der Waals surface area contributed by atoms with Gasteiger partial charge in [0.1, 0.15) is 11.6 Å². The summed E-state index contributed by atoms with van der Waals surface area (Å²) >= 11 is 0. The lowest BCUT2D eigenvalue weighted by Gasteiger charge is -2.25. The van der Waals surface area contributed by atoms with Gasteiger partial charge in [-0.15, -0.1) is 10.2 Å². The highest BCUT2D eigenvalue weighted by Crippen LogP contribution is 2.33. The fourth-order valence-electron chi connectivity index (χ4n) is 4.64. The summed E-state index contributed by atoms with van der Waals surface area (Å²) in [5.74, 6) is 2.35. The molecule has 2 aliphatic heterocycles. The number of carbonyl (C=O) groups excluding carboxylic acids is 2. The van der Waals surface area contributed by atoms with Crippen molar-refractivity contribution in [1.29, 1.82) is 0 Å². The number of ether oxygens (including phenoxy) is 1. The van der Waals surface area contributed by atoms with Crippen molar-refractivity contribution in [2.45, 2.75) is 19.4 Å². The third-order valence-electron chi connectivity index (χ3n) is 6.37. The molecule has 2 amide bonds. The molecule has 8 heteroatoms. The summed E-state index contributed by atoms with van der Waals surface area (Å²) in [4.78, 5) is 27.6. The Kier molecular flexibility index (Phi) is 5.34. The van der Waals surface area contributed by atoms with E-state index in [-0.39, 0.29) is 11.8 Å². The summed E-state index contributed by atoms with van der Waals surface area (Å²) in [6.45, 7) is 2.08. The summed E-state index contributed by atoms with van der Waals surface area (Å²) in [6, 6.07) is 17.0. The number of fused-ring (bicyclic) bond motifs is 2. The Morgan fingerprint density at radius 3 is 2.50 bits per heavy atom. The Morgan fingerprint density at radius 1 is 1.00 bits per heavy atom. The average molecular weight is 431 g/mol. The van der Waals surface area contributed by atoms with Crippen molar-refractivity contribution in [3.63, 3.8) is 0 Å². The zero-order chi connectivity index (χ0) is 22.1. The van der Waals surface area contributed by atoms with Crippen molar-refractivity contribution in [2.24, 2.45) is 11.8 Å². The molecule has 3 heterocycles. The predicted molar refractivity (Wildman–Crippen MR) is 118 cm³/mol. The van der Waals surface area contributed by atoms with Crippen LogP contribution in [0.4, 0.5) is 5.69 Å². The third kappa shape index (κ3) is 3.95. The van der Waals surface area contributed by atoms with Crippen LogP contribution >= 0.6 is 0 Å². The molecular formula is C24H25N5O3. The second-order valence-electron chi connectivity index (χ2n) is 8.42. The number of likely N-dealkylation sites (tertiary alicyclic amines) is 1. The Labute approximate surface area is 186 Å². The van der Waals surface area contributed by atoms with Gasteiger partial charge in [-0.05, 0) is 41.7 Å². The highest BCUT2D eigenvalue weighted by molar-refractivity contribution is 6.01. The van der Waals surface area contributed by atoms with E-state index in [1.54, 1.807) is 31.4 Å². The van der Waals surface area contributed by atoms with Gasteiger partial charge < -0.3 is 19.5 Å². The van der Waals surface area contributed by atoms with Crippen molar-refractivity contribution >= 4 is 17.5 Å². The molecule has 0 saturated carbocycles. The Hall–Kier alpha value is -3.68. The summed E-state index contributed by atoms with van der Waals surface area (Å²) in [7, 11) is 1.60. The molecule has 0 bridgehead atoms. The number of nitrogens with zero attached hydrogens (tertiary/aromatic N) is 4. The zero-order valence-electron chi connectivity index (χ0n) is 17.9. The summed E-state index contributed by atoms with van der Waals surface area (Å²) < 4.78 is 7.06. The Morgan fingerprint density at radius 2 is 1.75 bits per heavy atom. The van der Waals surface area contributed by atoms with E-state index >= 15 is 0 Å². The summed E-state index contributed by atoms with van der Waals surface area (Å²) in [6.07, 6.45) is 1.14. The van der Waals surface area contributed by atoms with Crippen LogP contribution in [0.1, 0.15) is 22.0 Å². The third-order valence-corrected chi connectivity index (χ3v) is 6.37. The van der Waals surface area contributed by atoms with Crippen LogP contribution in [0.25, 0.3) is 0 Å². The second-order valence-corrected chi connectivity index (χ2v) is 8.42. The van der Waals surface area contributed by atoms with Gasteiger partial charge >= 0.3 is 0 Å². The first-order valence-electron chi connectivity index (χ1n) is 10.8. The van der Waals surface area contributed by atoms with Gasteiger partial charge in [0.15, 0.2) is 0 Å². The van der Waals surface area contributed by atoms with E-state index in [1.165, 1.54) is 0 Å². The van der Waals surface area contributed by atoms with Crippen molar-refractivity contribution in [1.82, 2.24) is 19.7 Å². The van der Waals surface area contributed by atoms with Crippen molar-refractivity contribution in [3.8, 4) is 5.75 Å². The van der Waals surface area contributed by atoms with Crippen molar-refractivity contribution in [2.75, 3.05) is 25.5 Å². The second kappa shape index (κ2) is 8.45. The van der Waals surface area contributed by atoms with Crippen LogP contribution in [0.3, 0.4) is 0 Å². The van der Waals surface area contributed by atoms with Crippen LogP contribution in [-0.2, 0) is 24.2 Å². The lowest BCUT2D eigenvalue weighted by atomic mass is 9.89. The van der Waals surface area contributed by atoms with Gasteiger partial charge in [-0.3, -0.25) is 9.59 Å². The largest absolute Gasteiger partial charge is 0.497 e. The lowest BCUT2D eigenvalue weighted by Crippen LogP contribution is -2.31. The smallest absolute Gasteiger partial charge is 0.293 e. The predicted octanol–water partition coefficient (Wildman–Crippen LogP) is 2.41. The molecular weight excluding hydrogens is 406 g/mol. The van der Waals surface area contributed by atoms with E-state index in [9.17, 15) is 9.59 Å². The number of anilines is 1. The van der Waals surface area contributed by atoms with E-state index in [4.69, 9.17) is 4.74 Å². The molecule has 32 heavy (non-hydrogen) atoms. The molecule has 1 fully saturated rings. The number of rotatable bonds is 5. The molecule has 1 N–H and O–H groups in total. The van der Waals surface area contributed by atoms with Gasteiger partial charge in [0.25, 0.3) is 5.91 Å². The van der Waals surface area contributed by atoms with Crippen molar-refractivity contribution in [3.05, 3.63) is 71.8 Å². The molecule has 1 aromatic heterocycles. The van der Waals surface area contributed by atoms with E-state index in [1.807, 2.05) is 39.8 Å². The molecule has 0 radical (unpaired) electrons. The van der Waals surface area contributed by atoms with Gasteiger partial charge in [0.2, 0.25) is 11.7 Å². The van der Waals surface area contributed by atoms with E-state index in [2.05, 4.69) is 15.5 Å². The molecule has 2 atom stereocenters. The van der Waals surface area contributed by atoms with Crippen LogP contribution in [-0.4, -0.2) is 51.7 Å². The molecule has 1 saturated heterocycles. The topological polar surface area (TPSA) is 89.3 Å². The number of amides is 2. The van der Waals surface area contributed by atoms with E-state index < -0.39 is 0 Å². The fraction of sp³-hybridized carbons (Fsp3) is 0.333. The monoisotopic (exact) mass is 431 g/mol. The molecule has 164 valence electrons. The highest BCUT2D eigenvalue weighted by Gasteiger charge is 2.40. The maximum atomic E-state index is 12.8. The molecule has 0 spiro atoms. The standard InChI is InChI=1S/C24H25N5O3/c1-32-20-9-7-19(8-10-20)25-24(31)23-27-26-21-12-17-13-28(14-18(17)15-29(21)23)22(30)11-16-5-3-2-4-6-16/h2-10,17-18H,11-15H2,1H3,(H,25,31)/t17-,18-/m0/s1. The molecule has 8 nitrogen and oxygen atoms in total. The van der Waals surface area contributed by atoms with E-state index in [0.29, 0.717) is 42.9 Å². The number of benzene rings is 2. The highest BCUT2D eigenvalue weighted by atomic mass is 16.5. The number of nitrogens with one attached hydrogen (secondary N) is 1. The normalized spacial score (nSPS) is 19.2. The number of hydrogen-bond donors (Lipinski definition) is 1. The maximum absolute atomic E-state index is 12.8. The number of aromatic nitrogens is 3. The molecule has 0 unspecified atom stereocenters. The number of hydrogen-bond acceptors (Lipinski definition) is 5. The van der Waals surface area contributed by atoms with Crippen LogP contribution < -0.4 is 10.1 Å². The molecule has 3 aromatic rings. The Balaban J connectivity index is 1.25. The molecule has 0 aliphatic carbocycles. The average Bonchev–Trinajstić information content (AvgIpc) is 3.42. The van der Waals surface area contributed by atoms with Gasteiger partial charge in [0.05, 0.1) is 13.5 Å². The van der Waals surface area contributed by atoms with Gasteiger partial charge in [-0.2, -0.15) is 0 Å². The van der Waals surface area contributed by atoms with Crippen LogP contribution in [0.5, 0.6) is 5.75 Å². The van der Waals surface area contributed by atoms with Crippen LogP contribution in [0, 0.1) is 11.8 Å². The molecule has 5 rings (SSSR count). The number of carbonyl (C=O) groups is 2. The maximum Gasteiger partial charge on any atom is 0.293 e. The first-order chi connectivity index (χ1) is 15.6. The van der Waals surface area contributed by atoms with Crippen LogP contribution in [0.15, 0.2) is 54.6 Å². The quantitative estimate of drug-likeness (QED) is 0.670. The van der Waals surface area contributed by atoms with Gasteiger partial charge in [0, 0.05) is 31.7 Å². The lowest BCUT2D eigenvalue weighted by molar-refractivity contribution is -0.129. The zero-order valence-corrected chi connectivity index (χ0v) is 17.9. The summed E-state index contributed by atoms with van der Waals surface area (Å²) in [5.41, 5.74) is 1.70. The van der Waals surface area contributed by atoms with Crippen LogP contribution in [0.2, 0.25) is 0 Å². The van der Waals surface area contributed by atoms with E-state index in [0.717, 1.165) is 30.1 Å². The first kappa shape index (κ1) is 20.2. The SMILES string of the molecule is COc1ccc(NC(=O)c2nnc3n2C[C@@H]2CN(C(=O)Cc4ccccc4)C[C@@H]2C3)cc1. The summed E-state index contributed by atoms with van der Waals surface area (Å²) in [5, 5.41) is 11.3. The minimum atomic E-state index is -0.289. The Bertz CT molecular complexity index is 1130. The fourth-order valence-corrected chi connectivity index (χ4v) is 4.64. The minimum absolute atomic E-state index is 0.152. The minimum Gasteiger partial charge on any atom is -0.497 e. The molecule has 2 aliphatic rings. The van der Waals surface area contributed by atoms with Gasteiger partial charge in [-0.1, -0.05) is 30.3 Å². The van der Waals surface area contributed by atoms with Gasteiger partial charge in [-0.25, -0.2) is 0 Å². The molecule has 2 aromatic carbocycles. The number of methoxy groups -OCH3 is 1.